The summed E-state index contributed by atoms with van der Waals surface area (Å²) in [5, 5.41) is 4.96. The summed E-state index contributed by atoms with van der Waals surface area (Å²) in [4.78, 5) is -0.437. The van der Waals surface area contributed by atoms with E-state index in [0.29, 0.717) is 18.1 Å². The Hall–Kier alpha value is -1.02. The van der Waals surface area contributed by atoms with E-state index in [1.54, 1.807) is 0 Å². The Bertz CT molecular complexity index is 541. The van der Waals surface area contributed by atoms with Gasteiger partial charge >= 0.3 is 6.98 Å². The highest BCUT2D eigenvalue weighted by molar-refractivity contribution is 7.89. The first kappa shape index (κ1) is 15.0. The van der Waals surface area contributed by atoms with Gasteiger partial charge in [-0.15, -0.1) is 5.46 Å². The highest BCUT2D eigenvalue weighted by atomic mass is 32.2. The van der Waals surface area contributed by atoms with E-state index < -0.39 is 27.4 Å². The molecular formula is C10H14BF3NO2S-. The second-order valence-electron chi connectivity index (χ2n) is 4.58. The van der Waals surface area contributed by atoms with Gasteiger partial charge in [-0.1, -0.05) is 32.0 Å². The summed E-state index contributed by atoms with van der Waals surface area (Å²) < 4.78 is 60.4. The minimum absolute atomic E-state index is 0.118. The van der Waals surface area contributed by atoms with Crippen LogP contribution < -0.4 is 10.6 Å². The normalized spacial score (nSPS) is 13.1. The molecule has 8 heteroatoms. The van der Waals surface area contributed by atoms with Gasteiger partial charge in [-0.05, 0) is 17.9 Å². The van der Waals surface area contributed by atoms with Crippen LogP contribution in [0.15, 0.2) is 23.1 Å². The lowest BCUT2D eigenvalue weighted by Crippen LogP contribution is -2.35. The number of primary sulfonamides is 1. The van der Waals surface area contributed by atoms with Crippen molar-refractivity contribution >= 4 is 22.5 Å². The number of sulfonamides is 1. The van der Waals surface area contributed by atoms with E-state index >= 15 is 0 Å². The fraction of sp³-hybridized carbons (Fsp3) is 0.400. The summed E-state index contributed by atoms with van der Waals surface area (Å²) >= 11 is 0. The van der Waals surface area contributed by atoms with Gasteiger partial charge in [-0.3, -0.25) is 0 Å². The molecule has 1 aromatic carbocycles. The van der Waals surface area contributed by atoms with Gasteiger partial charge in [0.1, 0.15) is 0 Å². The predicted molar refractivity (Wildman–Crippen MR) is 65.1 cm³/mol. The van der Waals surface area contributed by atoms with Crippen LogP contribution in [0.5, 0.6) is 0 Å². The van der Waals surface area contributed by atoms with Crippen LogP contribution in [-0.2, 0) is 16.4 Å². The first-order chi connectivity index (χ1) is 8.01. The molecule has 0 bridgehead atoms. The van der Waals surface area contributed by atoms with Crippen LogP contribution in [0, 0.1) is 5.92 Å². The van der Waals surface area contributed by atoms with Crippen molar-refractivity contribution in [2.75, 3.05) is 0 Å². The molecule has 3 nitrogen and oxygen atoms in total. The summed E-state index contributed by atoms with van der Waals surface area (Å²) in [5.41, 5.74) is -0.636. The average Bonchev–Trinajstić information content (AvgIpc) is 2.13. The van der Waals surface area contributed by atoms with E-state index in [2.05, 4.69) is 0 Å². The van der Waals surface area contributed by atoms with E-state index in [0.717, 1.165) is 6.07 Å². The Morgan fingerprint density at radius 1 is 1.28 bits per heavy atom. The molecule has 0 saturated carbocycles. The van der Waals surface area contributed by atoms with Gasteiger partial charge in [0.05, 0.1) is 4.90 Å². The van der Waals surface area contributed by atoms with Gasteiger partial charge < -0.3 is 12.9 Å². The van der Waals surface area contributed by atoms with Gasteiger partial charge in [0.2, 0.25) is 10.0 Å². The number of hydrogen-bond donors (Lipinski definition) is 1. The van der Waals surface area contributed by atoms with Crippen molar-refractivity contribution in [1.29, 1.82) is 0 Å². The van der Waals surface area contributed by atoms with E-state index in [1.165, 1.54) is 6.07 Å². The molecule has 1 aromatic rings. The predicted octanol–water partition coefficient (Wildman–Crippen LogP) is 1.59. The van der Waals surface area contributed by atoms with Crippen LogP contribution in [0.25, 0.3) is 0 Å². The fourth-order valence-corrected chi connectivity index (χ4v) is 2.47. The molecule has 0 aromatic heterocycles. The number of benzene rings is 1. The molecule has 0 radical (unpaired) electrons. The number of hydrogen-bond acceptors (Lipinski definition) is 2. The first-order valence-electron chi connectivity index (χ1n) is 5.37. The maximum absolute atomic E-state index is 12.6. The maximum Gasteiger partial charge on any atom is 0.509 e. The Morgan fingerprint density at radius 2 is 1.83 bits per heavy atom. The number of halogens is 3. The van der Waals surface area contributed by atoms with Gasteiger partial charge in [0, 0.05) is 0 Å². The standard InChI is InChI=1S/C10H14BF3NO2S/c1-7(2)5-8-3-4-9(11(12,13)14)6-10(8)18(15,16)17/h3-4,6-7H,5H2,1-2H3,(H2,15,16,17)/q-1. The van der Waals surface area contributed by atoms with Crippen molar-refractivity contribution < 1.29 is 21.4 Å². The maximum atomic E-state index is 12.6. The summed E-state index contributed by atoms with van der Waals surface area (Å²) in [6.45, 7) is -1.55. The second kappa shape index (κ2) is 4.93. The minimum atomic E-state index is -5.23. The van der Waals surface area contributed by atoms with Gasteiger partial charge in [0.15, 0.2) is 0 Å². The third kappa shape index (κ3) is 3.74. The zero-order valence-electron chi connectivity index (χ0n) is 10.0. The Labute approximate surface area is 104 Å². The molecule has 0 aliphatic heterocycles. The average molecular weight is 280 g/mol. The molecule has 0 heterocycles. The van der Waals surface area contributed by atoms with E-state index in [4.69, 9.17) is 5.14 Å². The largest absolute Gasteiger partial charge is 0.509 e. The Kier molecular flexibility index (Phi) is 4.12. The van der Waals surface area contributed by atoms with Crippen LogP contribution in [0.3, 0.4) is 0 Å². The van der Waals surface area contributed by atoms with Crippen LogP contribution >= 0.6 is 0 Å². The lowest BCUT2D eigenvalue weighted by atomic mass is 9.79. The molecule has 0 atom stereocenters. The molecule has 2 N–H and O–H groups in total. The lowest BCUT2D eigenvalue weighted by Gasteiger charge is -2.18. The Balaban J connectivity index is 3.40. The minimum Gasteiger partial charge on any atom is -0.445 e. The second-order valence-corrected chi connectivity index (χ2v) is 6.11. The first-order valence-corrected chi connectivity index (χ1v) is 6.92. The fourth-order valence-electron chi connectivity index (χ4n) is 1.65. The Morgan fingerprint density at radius 3 is 2.22 bits per heavy atom. The van der Waals surface area contributed by atoms with Crippen molar-refractivity contribution in [3.63, 3.8) is 0 Å². The number of nitrogens with two attached hydrogens (primary N) is 1. The molecule has 0 aliphatic carbocycles. The topological polar surface area (TPSA) is 60.2 Å². The SMILES string of the molecule is CC(C)Cc1ccc([B-](F)(F)F)cc1S(N)(=O)=O. The highest BCUT2D eigenvalue weighted by Gasteiger charge is 2.27. The summed E-state index contributed by atoms with van der Waals surface area (Å²) in [5.74, 6) is 0.118. The van der Waals surface area contributed by atoms with Crippen LogP contribution in [0.2, 0.25) is 0 Å². The van der Waals surface area contributed by atoms with Gasteiger partial charge in [0.25, 0.3) is 0 Å². The van der Waals surface area contributed by atoms with E-state index in [1.807, 2.05) is 13.8 Å². The summed E-state index contributed by atoms with van der Waals surface area (Å²) in [6.07, 6.45) is 0.358. The summed E-state index contributed by atoms with van der Waals surface area (Å²) in [7, 11) is -4.15. The molecule has 0 aliphatic rings. The molecule has 0 spiro atoms. The third-order valence-corrected chi connectivity index (χ3v) is 3.40. The zero-order valence-corrected chi connectivity index (χ0v) is 10.8. The van der Waals surface area contributed by atoms with E-state index in [9.17, 15) is 21.4 Å². The van der Waals surface area contributed by atoms with Gasteiger partial charge in [-0.2, -0.15) is 0 Å². The zero-order chi connectivity index (χ0) is 14.1. The molecular weight excluding hydrogens is 266 g/mol. The van der Waals surface area contributed by atoms with Crippen LogP contribution in [-0.4, -0.2) is 15.4 Å². The van der Waals surface area contributed by atoms with Crippen LogP contribution in [0.1, 0.15) is 19.4 Å². The quantitative estimate of drug-likeness (QED) is 0.851. The van der Waals surface area contributed by atoms with Crippen molar-refractivity contribution in [2.45, 2.75) is 25.2 Å². The smallest absolute Gasteiger partial charge is 0.445 e. The molecule has 0 unspecified atom stereocenters. The number of rotatable bonds is 4. The van der Waals surface area contributed by atoms with Crippen molar-refractivity contribution in [2.24, 2.45) is 11.1 Å². The van der Waals surface area contributed by atoms with Crippen molar-refractivity contribution in [3.8, 4) is 0 Å². The molecule has 1 rings (SSSR count). The van der Waals surface area contributed by atoms with E-state index in [-0.39, 0.29) is 5.92 Å². The molecule has 0 fully saturated rings. The molecule has 102 valence electrons. The lowest BCUT2D eigenvalue weighted by molar-refractivity contribution is 0.500. The molecule has 18 heavy (non-hydrogen) atoms. The van der Waals surface area contributed by atoms with Crippen molar-refractivity contribution in [3.05, 3.63) is 23.8 Å². The summed E-state index contributed by atoms with van der Waals surface area (Å²) in [6, 6.07) is 2.70. The van der Waals surface area contributed by atoms with Crippen LogP contribution in [0.4, 0.5) is 12.9 Å². The highest BCUT2D eigenvalue weighted by Crippen LogP contribution is 2.19. The monoisotopic (exact) mass is 280 g/mol. The molecule has 0 saturated heterocycles. The van der Waals surface area contributed by atoms with Gasteiger partial charge in [-0.25, -0.2) is 13.6 Å². The van der Waals surface area contributed by atoms with Crippen molar-refractivity contribution in [1.82, 2.24) is 0 Å². The third-order valence-electron chi connectivity index (χ3n) is 2.40. The molecule has 0 amide bonds.